The number of anilines is 1. The van der Waals surface area contributed by atoms with Crippen molar-refractivity contribution in [2.24, 2.45) is 0 Å². The molecule has 0 saturated carbocycles. The van der Waals surface area contributed by atoms with E-state index in [0.29, 0.717) is 10.8 Å². The van der Waals surface area contributed by atoms with Gasteiger partial charge in [-0.1, -0.05) is 23.2 Å². The Kier molecular flexibility index (Phi) is 6.13. The Labute approximate surface area is 158 Å². The van der Waals surface area contributed by atoms with Crippen molar-refractivity contribution in [3.05, 3.63) is 62.1 Å². The normalized spacial score (nSPS) is 10.0. The van der Waals surface area contributed by atoms with Crippen LogP contribution in [0.5, 0.6) is 5.75 Å². The number of ether oxygens (including phenoxy) is 1. The number of carbonyl (C=O) groups excluding carboxylic acids is 1. The summed E-state index contributed by atoms with van der Waals surface area (Å²) in [5.74, 6) is -0.239. The van der Waals surface area contributed by atoms with Gasteiger partial charge in [-0.25, -0.2) is 0 Å². The summed E-state index contributed by atoms with van der Waals surface area (Å²) in [5, 5.41) is 16.4. The molecule has 25 heavy (non-hydrogen) atoms. The Bertz CT molecular complexity index is 861. The number of nitrogens with zero attached hydrogens (tertiary/aromatic N) is 1. The zero-order valence-electron chi connectivity index (χ0n) is 12.7. The van der Waals surface area contributed by atoms with Crippen LogP contribution in [0.15, 0.2) is 36.4 Å². The third-order valence-corrected chi connectivity index (χ3v) is 3.81. The lowest BCUT2D eigenvalue weighted by Crippen LogP contribution is -2.34. The van der Waals surface area contributed by atoms with Crippen LogP contribution >= 0.6 is 35.4 Å². The summed E-state index contributed by atoms with van der Waals surface area (Å²) in [6.45, 7) is 0. The van der Waals surface area contributed by atoms with E-state index in [-0.39, 0.29) is 27.1 Å². The maximum absolute atomic E-state index is 12.3. The highest BCUT2D eigenvalue weighted by Gasteiger charge is 2.16. The first-order chi connectivity index (χ1) is 11.8. The van der Waals surface area contributed by atoms with Crippen LogP contribution in [0.25, 0.3) is 0 Å². The molecule has 0 atom stereocenters. The summed E-state index contributed by atoms with van der Waals surface area (Å²) < 4.78 is 5.10. The Hall–Kier alpha value is -2.42. The van der Waals surface area contributed by atoms with E-state index >= 15 is 0 Å². The molecule has 0 bridgehead atoms. The molecular formula is C15H11Cl2N3O4S. The molecule has 130 valence electrons. The Morgan fingerprint density at radius 1 is 1.24 bits per heavy atom. The predicted octanol–water partition coefficient (Wildman–Crippen LogP) is 4.04. The third-order valence-electron chi connectivity index (χ3n) is 3.04. The van der Waals surface area contributed by atoms with E-state index < -0.39 is 10.8 Å². The summed E-state index contributed by atoms with van der Waals surface area (Å²) in [7, 11) is 1.42. The van der Waals surface area contributed by atoms with E-state index in [1.165, 1.54) is 31.4 Å². The van der Waals surface area contributed by atoms with Crippen LogP contribution in [-0.2, 0) is 0 Å². The van der Waals surface area contributed by atoms with Crippen LogP contribution in [0.4, 0.5) is 11.4 Å². The minimum atomic E-state index is -0.569. The zero-order valence-corrected chi connectivity index (χ0v) is 15.0. The van der Waals surface area contributed by atoms with Crippen molar-refractivity contribution in [2.45, 2.75) is 0 Å². The van der Waals surface area contributed by atoms with Gasteiger partial charge in [-0.3, -0.25) is 20.2 Å². The number of nitro groups is 1. The van der Waals surface area contributed by atoms with Gasteiger partial charge >= 0.3 is 0 Å². The van der Waals surface area contributed by atoms with Crippen molar-refractivity contribution in [1.29, 1.82) is 0 Å². The number of nitrogens with one attached hydrogen (secondary N) is 2. The van der Waals surface area contributed by atoms with E-state index in [4.69, 9.17) is 40.2 Å². The van der Waals surface area contributed by atoms with E-state index in [9.17, 15) is 14.9 Å². The molecule has 0 saturated heterocycles. The standard InChI is InChI=1S/C15H11Cl2N3O4S/c1-24-13-5-2-8(16)6-10(13)14(21)19-15(25)18-12-7-9(20(22)23)3-4-11(12)17/h2-7H,1H3,(H2,18,19,21,25). The fourth-order valence-corrected chi connectivity index (χ4v) is 2.44. The smallest absolute Gasteiger partial charge is 0.271 e. The van der Waals surface area contributed by atoms with Gasteiger partial charge < -0.3 is 10.1 Å². The molecule has 2 aromatic carbocycles. The first-order valence-corrected chi connectivity index (χ1v) is 7.88. The Morgan fingerprint density at radius 3 is 2.60 bits per heavy atom. The highest BCUT2D eigenvalue weighted by Crippen LogP contribution is 2.27. The van der Waals surface area contributed by atoms with Gasteiger partial charge in [-0.05, 0) is 36.5 Å². The van der Waals surface area contributed by atoms with Gasteiger partial charge in [0.2, 0.25) is 0 Å². The number of hydrogen-bond donors (Lipinski definition) is 2. The first-order valence-electron chi connectivity index (χ1n) is 6.71. The second-order valence-electron chi connectivity index (χ2n) is 4.67. The number of carbonyl (C=O) groups is 1. The van der Waals surface area contributed by atoms with Crippen molar-refractivity contribution < 1.29 is 14.5 Å². The largest absolute Gasteiger partial charge is 0.496 e. The van der Waals surface area contributed by atoms with Crippen molar-refractivity contribution in [3.8, 4) is 5.75 Å². The second kappa shape index (κ2) is 8.11. The van der Waals surface area contributed by atoms with Crippen molar-refractivity contribution >= 4 is 57.8 Å². The summed E-state index contributed by atoms with van der Waals surface area (Å²) in [5.41, 5.74) is 0.209. The van der Waals surface area contributed by atoms with Crippen molar-refractivity contribution in [2.75, 3.05) is 12.4 Å². The van der Waals surface area contributed by atoms with Gasteiger partial charge in [0, 0.05) is 17.2 Å². The van der Waals surface area contributed by atoms with Gasteiger partial charge in [-0.2, -0.15) is 0 Å². The third kappa shape index (κ3) is 4.79. The molecule has 2 rings (SSSR count). The number of rotatable bonds is 4. The number of halogens is 2. The zero-order chi connectivity index (χ0) is 18.6. The van der Waals surface area contributed by atoms with Crippen LogP contribution in [0.2, 0.25) is 10.0 Å². The fraction of sp³-hybridized carbons (Fsp3) is 0.0667. The number of hydrogen-bond acceptors (Lipinski definition) is 5. The van der Waals surface area contributed by atoms with Gasteiger partial charge in [0.05, 0.1) is 28.3 Å². The number of benzene rings is 2. The number of thiocarbonyl (C=S) groups is 1. The van der Waals surface area contributed by atoms with E-state index in [2.05, 4.69) is 10.6 Å². The Morgan fingerprint density at radius 2 is 1.96 bits per heavy atom. The average Bonchev–Trinajstić information content (AvgIpc) is 2.56. The monoisotopic (exact) mass is 399 g/mol. The second-order valence-corrected chi connectivity index (χ2v) is 5.93. The van der Waals surface area contributed by atoms with Crippen LogP contribution in [0, 0.1) is 10.1 Å². The molecule has 7 nitrogen and oxygen atoms in total. The van der Waals surface area contributed by atoms with Crippen molar-refractivity contribution in [3.63, 3.8) is 0 Å². The molecule has 0 aliphatic rings. The molecule has 1 amide bonds. The lowest BCUT2D eigenvalue weighted by atomic mass is 10.2. The molecule has 0 spiro atoms. The molecule has 10 heteroatoms. The number of non-ortho nitro benzene ring substituents is 1. The highest BCUT2D eigenvalue weighted by molar-refractivity contribution is 7.80. The summed E-state index contributed by atoms with van der Waals surface area (Å²) in [4.78, 5) is 22.6. The lowest BCUT2D eigenvalue weighted by Gasteiger charge is -2.12. The molecule has 0 unspecified atom stereocenters. The maximum Gasteiger partial charge on any atom is 0.271 e. The van der Waals surface area contributed by atoms with Gasteiger partial charge in [-0.15, -0.1) is 0 Å². The minimum absolute atomic E-state index is 0.0885. The van der Waals surface area contributed by atoms with Crippen LogP contribution in [0.1, 0.15) is 10.4 Å². The molecule has 0 heterocycles. The van der Waals surface area contributed by atoms with E-state index in [0.717, 1.165) is 0 Å². The summed E-state index contributed by atoms with van der Waals surface area (Å²) in [6, 6.07) is 8.37. The molecule has 2 N–H and O–H groups in total. The first kappa shape index (κ1) is 18.9. The quantitative estimate of drug-likeness (QED) is 0.457. The van der Waals surface area contributed by atoms with Gasteiger partial charge in [0.15, 0.2) is 5.11 Å². The maximum atomic E-state index is 12.3. The SMILES string of the molecule is COc1ccc(Cl)cc1C(=O)NC(=S)Nc1cc([N+](=O)[O-])ccc1Cl. The molecule has 0 fully saturated rings. The predicted molar refractivity (Wildman–Crippen MR) is 99.8 cm³/mol. The topological polar surface area (TPSA) is 93.5 Å². The fourth-order valence-electron chi connectivity index (χ4n) is 1.90. The van der Waals surface area contributed by atoms with Gasteiger partial charge in [0.1, 0.15) is 5.75 Å². The highest BCUT2D eigenvalue weighted by atomic mass is 35.5. The molecule has 0 aliphatic carbocycles. The van der Waals surface area contributed by atoms with Crippen LogP contribution < -0.4 is 15.4 Å². The number of nitro benzene ring substituents is 1. The summed E-state index contributed by atoms with van der Waals surface area (Å²) in [6.07, 6.45) is 0. The molecule has 2 aromatic rings. The molecule has 0 aromatic heterocycles. The minimum Gasteiger partial charge on any atom is -0.496 e. The van der Waals surface area contributed by atoms with E-state index in [1.54, 1.807) is 12.1 Å². The lowest BCUT2D eigenvalue weighted by molar-refractivity contribution is -0.384. The van der Waals surface area contributed by atoms with Crippen LogP contribution in [0.3, 0.4) is 0 Å². The van der Waals surface area contributed by atoms with E-state index in [1.807, 2.05) is 0 Å². The summed E-state index contributed by atoms with van der Waals surface area (Å²) >= 11 is 16.9. The number of methoxy groups -OCH3 is 1. The Balaban J connectivity index is 2.15. The van der Waals surface area contributed by atoms with Crippen LogP contribution in [-0.4, -0.2) is 23.1 Å². The van der Waals surface area contributed by atoms with Gasteiger partial charge in [0.25, 0.3) is 11.6 Å². The van der Waals surface area contributed by atoms with Crippen molar-refractivity contribution in [1.82, 2.24) is 5.32 Å². The number of amides is 1. The molecule has 0 aliphatic heterocycles. The molecule has 0 radical (unpaired) electrons. The average molecular weight is 400 g/mol. The molecular weight excluding hydrogens is 389 g/mol.